The number of aryl methyl sites for hydroxylation is 1. The van der Waals surface area contributed by atoms with Crippen molar-refractivity contribution in [2.75, 3.05) is 37.7 Å². The number of ether oxygens (including phenoxy) is 1. The molecule has 10 heteroatoms. The molecule has 0 amide bonds. The van der Waals surface area contributed by atoms with E-state index in [2.05, 4.69) is 44.9 Å². The lowest BCUT2D eigenvalue weighted by Gasteiger charge is -2.22. The highest BCUT2D eigenvalue weighted by atomic mass is 127. The van der Waals surface area contributed by atoms with Crippen molar-refractivity contribution in [3.63, 3.8) is 0 Å². The summed E-state index contributed by atoms with van der Waals surface area (Å²) in [5, 5.41) is 3.43. The molecule has 1 fully saturated rings. The zero-order valence-electron chi connectivity index (χ0n) is 20.9. The fraction of sp³-hybridized carbons (Fsp3) is 0.370. The fourth-order valence-corrected chi connectivity index (χ4v) is 5.27. The Morgan fingerprint density at radius 3 is 2.59 bits per heavy atom. The fourth-order valence-electron chi connectivity index (χ4n) is 4.71. The van der Waals surface area contributed by atoms with E-state index < -0.39 is 0 Å². The van der Waals surface area contributed by atoms with Crippen LogP contribution in [0.5, 0.6) is 0 Å². The number of imidazole rings is 1. The maximum Gasteiger partial charge on any atom is 0.332 e. The summed E-state index contributed by atoms with van der Waals surface area (Å²) in [6.45, 7) is 4.75. The van der Waals surface area contributed by atoms with Crippen LogP contribution >= 0.6 is 22.6 Å². The van der Waals surface area contributed by atoms with Crippen LogP contribution < -0.4 is 21.5 Å². The number of rotatable bonds is 8. The molecule has 37 heavy (non-hydrogen) atoms. The second-order valence-corrected chi connectivity index (χ2v) is 10.4. The topological polar surface area (TPSA) is 86.3 Å². The van der Waals surface area contributed by atoms with Crippen LogP contribution in [0.1, 0.15) is 17.5 Å². The van der Waals surface area contributed by atoms with Gasteiger partial charge in [-0.25, -0.2) is 4.79 Å². The number of fused-ring (bicyclic) bond motifs is 1. The minimum Gasteiger partial charge on any atom is -0.375 e. The molecule has 0 spiro atoms. The minimum absolute atomic E-state index is 0.172. The Balaban J connectivity index is 1.55. The van der Waals surface area contributed by atoms with Crippen LogP contribution in [0.25, 0.3) is 11.2 Å². The van der Waals surface area contributed by atoms with Crippen molar-refractivity contribution in [3.8, 4) is 0 Å². The zero-order valence-corrected chi connectivity index (χ0v) is 23.1. The van der Waals surface area contributed by atoms with Crippen molar-refractivity contribution >= 4 is 39.7 Å². The molecule has 3 heterocycles. The van der Waals surface area contributed by atoms with Gasteiger partial charge in [0.25, 0.3) is 5.56 Å². The Labute approximate surface area is 228 Å². The van der Waals surface area contributed by atoms with Crippen molar-refractivity contribution in [2.45, 2.75) is 26.1 Å². The summed E-state index contributed by atoms with van der Waals surface area (Å²) in [5.74, 6) is 0.725. The molecule has 1 aliphatic rings. The van der Waals surface area contributed by atoms with Crippen LogP contribution in [0, 0.1) is 3.57 Å². The van der Waals surface area contributed by atoms with Gasteiger partial charge < -0.3 is 15.0 Å². The van der Waals surface area contributed by atoms with Gasteiger partial charge in [-0.3, -0.25) is 18.5 Å². The lowest BCUT2D eigenvalue weighted by Crippen LogP contribution is -2.40. The third kappa shape index (κ3) is 5.51. The molecule has 0 radical (unpaired) electrons. The Kier molecular flexibility index (Phi) is 8.06. The zero-order chi connectivity index (χ0) is 25.8. The largest absolute Gasteiger partial charge is 0.375 e. The maximum absolute atomic E-state index is 13.8. The number of hydrogen-bond donors (Lipinski definition) is 1. The maximum atomic E-state index is 13.8. The molecule has 2 aromatic carbocycles. The van der Waals surface area contributed by atoms with E-state index in [4.69, 9.17) is 9.72 Å². The monoisotopic (exact) mass is 614 g/mol. The number of benzene rings is 2. The number of nitrogens with zero attached hydrogens (tertiary/aromatic N) is 5. The summed E-state index contributed by atoms with van der Waals surface area (Å²) in [6.07, 6.45) is 0.980. The second-order valence-electron chi connectivity index (χ2n) is 9.19. The van der Waals surface area contributed by atoms with Gasteiger partial charge in [0.2, 0.25) is 5.95 Å². The number of aromatic nitrogens is 4. The molecular weight excluding hydrogens is 583 g/mol. The van der Waals surface area contributed by atoms with Gasteiger partial charge in [-0.15, -0.1) is 0 Å². The molecule has 1 aliphatic heterocycles. The predicted octanol–water partition coefficient (Wildman–Crippen LogP) is 2.57. The lowest BCUT2D eigenvalue weighted by molar-refractivity contribution is 0.111. The van der Waals surface area contributed by atoms with Crippen LogP contribution in [0.3, 0.4) is 0 Å². The van der Waals surface area contributed by atoms with Crippen LogP contribution in [-0.2, 0) is 31.5 Å². The van der Waals surface area contributed by atoms with Crippen LogP contribution in [-0.4, -0.2) is 51.5 Å². The normalized spacial score (nSPS) is 14.3. The molecule has 2 aromatic heterocycles. The smallest absolute Gasteiger partial charge is 0.332 e. The van der Waals surface area contributed by atoms with Crippen molar-refractivity contribution < 1.29 is 4.74 Å². The van der Waals surface area contributed by atoms with Gasteiger partial charge >= 0.3 is 5.69 Å². The van der Waals surface area contributed by atoms with Gasteiger partial charge in [0.15, 0.2) is 11.2 Å². The second kappa shape index (κ2) is 11.6. The van der Waals surface area contributed by atoms with Gasteiger partial charge in [-0.1, -0.05) is 48.5 Å². The third-order valence-corrected chi connectivity index (χ3v) is 7.74. The summed E-state index contributed by atoms with van der Waals surface area (Å²) in [5.41, 5.74) is 2.28. The molecular formula is C27H31IN6O3. The molecule has 0 saturated carbocycles. The third-order valence-electron chi connectivity index (χ3n) is 6.69. The van der Waals surface area contributed by atoms with Crippen molar-refractivity contribution in [2.24, 2.45) is 7.05 Å². The molecule has 9 nitrogen and oxygen atoms in total. The van der Waals surface area contributed by atoms with Crippen molar-refractivity contribution in [1.29, 1.82) is 0 Å². The van der Waals surface area contributed by atoms with E-state index in [1.807, 2.05) is 47.0 Å². The quantitative estimate of drug-likeness (QED) is 0.243. The average Bonchev–Trinajstić information content (AvgIpc) is 3.08. The van der Waals surface area contributed by atoms with E-state index in [0.717, 1.165) is 53.2 Å². The van der Waals surface area contributed by atoms with Gasteiger partial charge in [-0.2, -0.15) is 4.98 Å². The number of anilines is 1. The van der Waals surface area contributed by atoms with Crippen LogP contribution in [0.4, 0.5) is 5.95 Å². The van der Waals surface area contributed by atoms with E-state index in [9.17, 15) is 9.59 Å². The molecule has 0 aliphatic carbocycles. The Bertz CT molecular complexity index is 1490. The summed E-state index contributed by atoms with van der Waals surface area (Å²) in [7, 11) is 1.68. The first-order chi connectivity index (χ1) is 18.0. The van der Waals surface area contributed by atoms with E-state index in [0.29, 0.717) is 24.3 Å². The molecule has 0 bridgehead atoms. The Morgan fingerprint density at radius 2 is 1.78 bits per heavy atom. The molecule has 194 valence electrons. The standard InChI is InChI=1S/C27H31IN6O3/c1-31-24-23(25(35)33(27(31)36)16-17-37-19-20-8-3-2-4-9-20)34(18-21-10-5-6-11-22(21)28)26(30-24)32-14-7-12-29-13-15-32/h2-6,8-11,29H,7,12-19H2,1H3. The first kappa shape index (κ1) is 25.7. The first-order valence-corrected chi connectivity index (χ1v) is 13.6. The highest BCUT2D eigenvalue weighted by Gasteiger charge is 2.24. The van der Waals surface area contributed by atoms with Gasteiger partial charge in [0.05, 0.1) is 26.3 Å². The van der Waals surface area contributed by atoms with E-state index in [1.54, 1.807) is 7.05 Å². The molecule has 0 unspecified atom stereocenters. The summed E-state index contributed by atoms with van der Waals surface area (Å²) in [4.78, 5) is 34.1. The molecule has 1 N–H and O–H groups in total. The minimum atomic E-state index is -0.385. The number of halogens is 1. The van der Waals surface area contributed by atoms with Crippen LogP contribution in [0.15, 0.2) is 64.2 Å². The molecule has 0 atom stereocenters. The van der Waals surface area contributed by atoms with Crippen molar-refractivity contribution in [1.82, 2.24) is 24.0 Å². The predicted molar refractivity (Wildman–Crippen MR) is 153 cm³/mol. The molecule has 1 saturated heterocycles. The van der Waals surface area contributed by atoms with Gasteiger partial charge in [0, 0.05) is 30.3 Å². The Morgan fingerprint density at radius 1 is 1.00 bits per heavy atom. The van der Waals surface area contributed by atoms with Gasteiger partial charge in [0.1, 0.15) is 0 Å². The number of nitrogens with one attached hydrogen (secondary N) is 1. The average molecular weight is 614 g/mol. The van der Waals surface area contributed by atoms with Gasteiger partial charge in [-0.05, 0) is 52.7 Å². The summed E-state index contributed by atoms with van der Waals surface area (Å²) < 4.78 is 11.7. The number of hydrogen-bond acceptors (Lipinski definition) is 6. The van der Waals surface area contributed by atoms with E-state index in [-0.39, 0.29) is 24.4 Å². The van der Waals surface area contributed by atoms with Crippen LogP contribution in [0.2, 0.25) is 0 Å². The molecule has 5 rings (SSSR count). The van der Waals surface area contributed by atoms with Crippen molar-refractivity contribution in [3.05, 3.63) is 90.1 Å². The Hall–Kier alpha value is -2.96. The summed E-state index contributed by atoms with van der Waals surface area (Å²) in [6, 6.07) is 18.0. The lowest BCUT2D eigenvalue weighted by atomic mass is 10.2. The highest BCUT2D eigenvalue weighted by Crippen LogP contribution is 2.23. The SMILES string of the molecule is Cn1c(=O)n(CCOCc2ccccc2)c(=O)c2c1nc(N1CCCNCC1)n2Cc1ccccc1I. The first-order valence-electron chi connectivity index (χ1n) is 12.6. The van der Waals surface area contributed by atoms with E-state index in [1.165, 1.54) is 9.13 Å². The highest BCUT2D eigenvalue weighted by molar-refractivity contribution is 14.1. The molecule has 4 aromatic rings. The van der Waals surface area contributed by atoms with E-state index >= 15 is 0 Å². The summed E-state index contributed by atoms with van der Waals surface area (Å²) >= 11 is 2.32.